The average molecular weight is 318 g/mol. The molecule has 3 nitrogen and oxygen atoms in total. The van der Waals surface area contributed by atoms with Crippen molar-refractivity contribution < 1.29 is 9.53 Å². The fourth-order valence-electron chi connectivity index (χ4n) is 1.26. The lowest BCUT2D eigenvalue weighted by molar-refractivity contribution is -0.124. The van der Waals surface area contributed by atoms with Gasteiger partial charge in [0.1, 0.15) is 0 Å². The highest BCUT2D eigenvalue weighted by molar-refractivity contribution is 9.11. The van der Waals surface area contributed by atoms with Crippen LogP contribution in [0.3, 0.4) is 0 Å². The Morgan fingerprint density at radius 1 is 1.65 bits per heavy atom. The van der Waals surface area contributed by atoms with Crippen molar-refractivity contribution in [1.82, 2.24) is 4.90 Å². The maximum absolute atomic E-state index is 11.7. The summed E-state index contributed by atoms with van der Waals surface area (Å²) in [6, 6.07) is 1.99. The molecular formula is C12H16BrNO2S. The van der Waals surface area contributed by atoms with Gasteiger partial charge in [0.2, 0.25) is 5.91 Å². The number of carbonyl (C=O) groups excluding carboxylic acids is 1. The second-order valence-corrected chi connectivity index (χ2v) is 5.91. The van der Waals surface area contributed by atoms with E-state index in [1.807, 2.05) is 17.5 Å². The minimum Gasteiger partial charge on any atom is -0.385 e. The monoisotopic (exact) mass is 317 g/mol. The highest BCUT2D eigenvalue weighted by Crippen LogP contribution is 2.21. The van der Waals surface area contributed by atoms with Crippen molar-refractivity contribution in [2.24, 2.45) is 0 Å². The number of likely N-dealkylation sites (N-methyl/N-ethyl adjacent to an activating group) is 1. The Kier molecular flexibility index (Phi) is 6.47. The van der Waals surface area contributed by atoms with Crippen LogP contribution in [0.1, 0.15) is 12.0 Å². The van der Waals surface area contributed by atoms with Crippen molar-refractivity contribution in [2.45, 2.75) is 6.42 Å². The number of rotatable bonds is 6. The van der Waals surface area contributed by atoms with Crippen LogP contribution in [0.5, 0.6) is 0 Å². The summed E-state index contributed by atoms with van der Waals surface area (Å²) in [5.74, 6) is 0.0171. The maximum atomic E-state index is 11.7. The molecule has 0 fully saturated rings. The molecule has 1 aromatic rings. The molecule has 94 valence electrons. The van der Waals surface area contributed by atoms with Crippen LogP contribution >= 0.6 is 27.3 Å². The van der Waals surface area contributed by atoms with Crippen molar-refractivity contribution in [2.75, 3.05) is 27.3 Å². The Bertz CT molecular complexity index is 390. The Hall–Kier alpha value is -0.650. The molecule has 0 aromatic carbocycles. The highest BCUT2D eigenvalue weighted by atomic mass is 79.9. The van der Waals surface area contributed by atoms with Crippen LogP contribution in [-0.4, -0.2) is 38.1 Å². The third-order valence-electron chi connectivity index (χ3n) is 2.22. The lowest BCUT2D eigenvalue weighted by atomic mass is 10.3. The summed E-state index contributed by atoms with van der Waals surface area (Å²) in [6.07, 6.45) is 4.29. The summed E-state index contributed by atoms with van der Waals surface area (Å²) < 4.78 is 6.01. The van der Waals surface area contributed by atoms with Crippen LogP contribution in [0.25, 0.3) is 6.08 Å². The highest BCUT2D eigenvalue weighted by Gasteiger charge is 2.03. The Balaban J connectivity index is 2.40. The molecule has 0 radical (unpaired) electrons. The standard InChI is InChI=1S/C12H16BrNO2S/c1-14(6-3-7-16-2)12(15)5-4-10-8-11(13)17-9-10/h4-5,8-9H,3,6-7H2,1-2H3. The molecule has 0 bridgehead atoms. The molecule has 0 aliphatic rings. The van der Waals surface area contributed by atoms with Gasteiger partial charge in [-0.25, -0.2) is 0 Å². The van der Waals surface area contributed by atoms with E-state index in [0.717, 1.165) is 15.8 Å². The third-order valence-corrected chi connectivity index (χ3v) is 3.75. The van der Waals surface area contributed by atoms with Crippen LogP contribution in [0.4, 0.5) is 0 Å². The summed E-state index contributed by atoms with van der Waals surface area (Å²) >= 11 is 4.99. The largest absolute Gasteiger partial charge is 0.385 e. The fourth-order valence-corrected chi connectivity index (χ4v) is 2.41. The number of amides is 1. The van der Waals surface area contributed by atoms with Crippen LogP contribution in [-0.2, 0) is 9.53 Å². The van der Waals surface area contributed by atoms with Gasteiger partial charge in [-0.15, -0.1) is 11.3 Å². The van der Waals surface area contributed by atoms with E-state index in [1.165, 1.54) is 0 Å². The summed E-state index contributed by atoms with van der Waals surface area (Å²) in [5.41, 5.74) is 1.04. The number of ether oxygens (including phenoxy) is 1. The molecule has 0 atom stereocenters. The van der Waals surface area contributed by atoms with Gasteiger partial charge >= 0.3 is 0 Å². The number of hydrogen-bond acceptors (Lipinski definition) is 3. The summed E-state index contributed by atoms with van der Waals surface area (Å²) in [5, 5.41) is 2.00. The van der Waals surface area contributed by atoms with Crippen LogP contribution in [0.15, 0.2) is 21.3 Å². The first kappa shape index (κ1) is 14.4. The predicted molar refractivity (Wildman–Crippen MR) is 75.2 cm³/mol. The molecule has 17 heavy (non-hydrogen) atoms. The van der Waals surface area contributed by atoms with Gasteiger partial charge in [0.05, 0.1) is 3.79 Å². The van der Waals surface area contributed by atoms with Crippen LogP contribution < -0.4 is 0 Å². The minimum absolute atomic E-state index is 0.0171. The first-order chi connectivity index (χ1) is 8.13. The number of thiophene rings is 1. The molecule has 1 amide bonds. The Labute approximate surface area is 114 Å². The van der Waals surface area contributed by atoms with E-state index in [9.17, 15) is 4.79 Å². The molecule has 0 aliphatic heterocycles. The van der Waals surface area contributed by atoms with E-state index in [-0.39, 0.29) is 5.91 Å². The van der Waals surface area contributed by atoms with E-state index < -0.39 is 0 Å². The van der Waals surface area contributed by atoms with E-state index in [4.69, 9.17) is 4.74 Å². The minimum atomic E-state index is 0.0171. The number of nitrogens with zero attached hydrogens (tertiary/aromatic N) is 1. The smallest absolute Gasteiger partial charge is 0.246 e. The summed E-state index contributed by atoms with van der Waals surface area (Å²) in [4.78, 5) is 13.4. The average Bonchev–Trinajstić information content (AvgIpc) is 2.72. The van der Waals surface area contributed by atoms with Gasteiger partial charge in [-0.3, -0.25) is 4.79 Å². The number of halogens is 1. The first-order valence-corrected chi connectivity index (χ1v) is 6.97. The molecule has 5 heteroatoms. The molecule has 0 saturated heterocycles. The molecule has 0 unspecified atom stereocenters. The van der Waals surface area contributed by atoms with E-state index >= 15 is 0 Å². The van der Waals surface area contributed by atoms with Gasteiger partial charge in [-0.1, -0.05) is 0 Å². The summed E-state index contributed by atoms with van der Waals surface area (Å²) in [6.45, 7) is 1.39. The number of carbonyl (C=O) groups is 1. The van der Waals surface area contributed by atoms with Crippen molar-refractivity contribution in [3.63, 3.8) is 0 Å². The second-order valence-electron chi connectivity index (χ2n) is 3.62. The van der Waals surface area contributed by atoms with Gasteiger partial charge in [-0.05, 0) is 45.4 Å². The molecule has 0 saturated carbocycles. The number of methoxy groups -OCH3 is 1. The zero-order chi connectivity index (χ0) is 12.7. The fraction of sp³-hybridized carbons (Fsp3) is 0.417. The predicted octanol–water partition coefficient (Wildman–Crippen LogP) is 3.02. The van der Waals surface area contributed by atoms with E-state index in [1.54, 1.807) is 36.5 Å². The Morgan fingerprint density at radius 3 is 3.00 bits per heavy atom. The van der Waals surface area contributed by atoms with Crippen LogP contribution in [0, 0.1) is 0 Å². The molecule has 1 heterocycles. The first-order valence-electron chi connectivity index (χ1n) is 5.29. The molecule has 0 N–H and O–H groups in total. The molecule has 1 rings (SSSR count). The Morgan fingerprint density at radius 2 is 2.41 bits per heavy atom. The topological polar surface area (TPSA) is 29.5 Å². The van der Waals surface area contributed by atoms with Crippen molar-refractivity contribution in [3.05, 3.63) is 26.9 Å². The second kappa shape index (κ2) is 7.63. The quantitative estimate of drug-likeness (QED) is 0.596. The lowest BCUT2D eigenvalue weighted by Crippen LogP contribution is -2.26. The lowest BCUT2D eigenvalue weighted by Gasteiger charge is -2.14. The maximum Gasteiger partial charge on any atom is 0.246 e. The van der Waals surface area contributed by atoms with Crippen molar-refractivity contribution in [1.29, 1.82) is 0 Å². The molecular weight excluding hydrogens is 302 g/mol. The molecule has 0 aliphatic carbocycles. The third kappa shape index (κ3) is 5.48. The zero-order valence-corrected chi connectivity index (χ0v) is 12.4. The normalized spacial score (nSPS) is 11.0. The summed E-state index contributed by atoms with van der Waals surface area (Å²) in [7, 11) is 3.46. The van der Waals surface area contributed by atoms with Crippen molar-refractivity contribution in [3.8, 4) is 0 Å². The van der Waals surface area contributed by atoms with Crippen molar-refractivity contribution >= 4 is 39.2 Å². The van der Waals surface area contributed by atoms with Gasteiger partial charge < -0.3 is 9.64 Å². The van der Waals surface area contributed by atoms with E-state index in [2.05, 4.69) is 15.9 Å². The molecule has 1 aromatic heterocycles. The molecule has 0 spiro atoms. The van der Waals surface area contributed by atoms with Gasteiger partial charge in [-0.2, -0.15) is 0 Å². The van der Waals surface area contributed by atoms with Crippen LogP contribution in [0.2, 0.25) is 0 Å². The van der Waals surface area contributed by atoms with Gasteiger partial charge in [0, 0.05) is 33.4 Å². The SMILES string of the molecule is COCCCN(C)C(=O)C=Cc1csc(Br)c1. The van der Waals surface area contributed by atoms with E-state index in [0.29, 0.717) is 13.2 Å². The van der Waals surface area contributed by atoms with Gasteiger partial charge in [0.25, 0.3) is 0 Å². The number of hydrogen-bond donors (Lipinski definition) is 0. The zero-order valence-electron chi connectivity index (χ0n) is 9.98. The van der Waals surface area contributed by atoms with Gasteiger partial charge in [0.15, 0.2) is 0 Å².